The van der Waals surface area contributed by atoms with Gasteiger partial charge in [-0.1, -0.05) is 38.0 Å². The summed E-state index contributed by atoms with van der Waals surface area (Å²) >= 11 is 0. The van der Waals surface area contributed by atoms with Crippen molar-refractivity contribution in [3.05, 3.63) is 29.8 Å². The fourth-order valence-corrected chi connectivity index (χ4v) is 2.70. The fourth-order valence-electron chi connectivity index (χ4n) is 2.70. The second kappa shape index (κ2) is 10.3. The highest BCUT2D eigenvalue weighted by Gasteiger charge is 2.10. The van der Waals surface area contributed by atoms with E-state index in [9.17, 15) is 0 Å². The maximum absolute atomic E-state index is 5.77. The topological polar surface area (TPSA) is 27.7 Å². The first kappa shape index (κ1) is 17.9. The number of fused-ring (bicyclic) bond motifs is 1. The van der Waals surface area contributed by atoms with Crippen LogP contribution < -0.4 is 9.47 Å². The summed E-state index contributed by atoms with van der Waals surface area (Å²) in [6, 6.07) is 6.11. The number of hydrogen-bond donors (Lipinski definition) is 0. The molecular weight excluding hydrogens is 288 g/mol. The molecule has 0 spiro atoms. The standard InChI is InChI=1S/C20H30O3/c1-3-9-17(2)21-13-8-6-4-5-7-10-18-11-12-19-20(16-18)23-15-14-22-19/h7,10-12,16-17H,3-6,8-9,13-15H2,1-2H3. The van der Waals surface area contributed by atoms with Crippen LogP contribution in [-0.4, -0.2) is 25.9 Å². The second-order valence-electron chi connectivity index (χ2n) is 6.12. The van der Waals surface area contributed by atoms with E-state index in [0.717, 1.165) is 37.4 Å². The van der Waals surface area contributed by atoms with E-state index in [1.165, 1.54) is 24.8 Å². The SMILES string of the molecule is CCCC(C)OCCCCCC=Cc1ccc2c(c1)OCCO2. The van der Waals surface area contributed by atoms with Crippen molar-refractivity contribution in [2.45, 2.75) is 58.5 Å². The predicted molar refractivity (Wildman–Crippen MR) is 95.3 cm³/mol. The summed E-state index contributed by atoms with van der Waals surface area (Å²) in [4.78, 5) is 0. The van der Waals surface area contributed by atoms with E-state index in [-0.39, 0.29) is 0 Å². The van der Waals surface area contributed by atoms with Crippen LogP contribution in [0.5, 0.6) is 11.5 Å². The lowest BCUT2D eigenvalue weighted by molar-refractivity contribution is 0.0571. The first-order valence-corrected chi connectivity index (χ1v) is 8.97. The minimum absolute atomic E-state index is 0.412. The van der Waals surface area contributed by atoms with Crippen LogP contribution in [0.4, 0.5) is 0 Å². The quantitative estimate of drug-likeness (QED) is 0.552. The van der Waals surface area contributed by atoms with Crippen molar-refractivity contribution in [2.75, 3.05) is 19.8 Å². The van der Waals surface area contributed by atoms with Crippen LogP contribution in [-0.2, 0) is 4.74 Å². The Hall–Kier alpha value is -1.48. The molecule has 3 heteroatoms. The Bertz CT molecular complexity index is 482. The van der Waals surface area contributed by atoms with Gasteiger partial charge in [0.1, 0.15) is 13.2 Å². The van der Waals surface area contributed by atoms with Gasteiger partial charge in [0.25, 0.3) is 0 Å². The van der Waals surface area contributed by atoms with Crippen molar-refractivity contribution in [1.82, 2.24) is 0 Å². The van der Waals surface area contributed by atoms with Gasteiger partial charge in [-0.3, -0.25) is 0 Å². The van der Waals surface area contributed by atoms with Gasteiger partial charge in [-0.25, -0.2) is 0 Å². The molecule has 0 N–H and O–H groups in total. The molecule has 0 aromatic heterocycles. The summed E-state index contributed by atoms with van der Waals surface area (Å²) in [5.74, 6) is 1.71. The predicted octanol–water partition coefficient (Wildman–Crippen LogP) is 5.24. The summed E-state index contributed by atoms with van der Waals surface area (Å²) < 4.78 is 16.9. The zero-order valence-electron chi connectivity index (χ0n) is 14.6. The molecule has 128 valence electrons. The summed E-state index contributed by atoms with van der Waals surface area (Å²) in [7, 11) is 0. The lowest BCUT2D eigenvalue weighted by Crippen LogP contribution is -2.15. The summed E-state index contributed by atoms with van der Waals surface area (Å²) in [6.45, 7) is 6.54. The lowest BCUT2D eigenvalue weighted by Gasteiger charge is -2.18. The van der Waals surface area contributed by atoms with Crippen LogP contribution in [0, 0.1) is 0 Å². The average Bonchev–Trinajstić information content (AvgIpc) is 2.57. The van der Waals surface area contributed by atoms with Gasteiger partial charge in [-0.15, -0.1) is 0 Å². The highest BCUT2D eigenvalue weighted by molar-refractivity contribution is 5.56. The number of allylic oxidation sites excluding steroid dienone is 1. The van der Waals surface area contributed by atoms with Crippen LogP contribution in [0.25, 0.3) is 6.08 Å². The molecule has 1 unspecified atom stereocenters. The maximum atomic E-state index is 5.77. The van der Waals surface area contributed by atoms with Gasteiger partial charge in [-0.2, -0.15) is 0 Å². The van der Waals surface area contributed by atoms with Crippen molar-refractivity contribution in [3.63, 3.8) is 0 Å². The molecule has 0 radical (unpaired) electrons. The smallest absolute Gasteiger partial charge is 0.161 e. The first-order chi connectivity index (χ1) is 11.3. The zero-order chi connectivity index (χ0) is 16.3. The number of unbranched alkanes of at least 4 members (excludes halogenated alkanes) is 3. The number of rotatable bonds is 10. The summed E-state index contributed by atoms with van der Waals surface area (Å²) in [5.41, 5.74) is 1.17. The van der Waals surface area contributed by atoms with Crippen LogP contribution >= 0.6 is 0 Å². The third-order valence-corrected chi connectivity index (χ3v) is 3.99. The molecule has 3 nitrogen and oxygen atoms in total. The Morgan fingerprint density at radius 2 is 1.96 bits per heavy atom. The molecule has 23 heavy (non-hydrogen) atoms. The minimum atomic E-state index is 0.412. The normalized spacial score (nSPS) is 15.0. The molecule has 1 aliphatic heterocycles. The third kappa shape index (κ3) is 6.66. The van der Waals surface area contributed by atoms with E-state index in [4.69, 9.17) is 14.2 Å². The van der Waals surface area contributed by atoms with Gasteiger partial charge in [0.05, 0.1) is 6.10 Å². The molecule has 0 fully saturated rings. The van der Waals surface area contributed by atoms with Crippen molar-refractivity contribution in [1.29, 1.82) is 0 Å². The maximum Gasteiger partial charge on any atom is 0.161 e. The van der Waals surface area contributed by atoms with Crippen LogP contribution in [0.2, 0.25) is 0 Å². The molecule has 0 bridgehead atoms. The zero-order valence-corrected chi connectivity index (χ0v) is 14.6. The third-order valence-electron chi connectivity index (χ3n) is 3.99. The molecule has 1 aromatic carbocycles. The van der Waals surface area contributed by atoms with Gasteiger partial charge in [0, 0.05) is 6.61 Å². The Balaban J connectivity index is 1.58. The van der Waals surface area contributed by atoms with E-state index >= 15 is 0 Å². The van der Waals surface area contributed by atoms with E-state index in [2.05, 4.69) is 32.1 Å². The highest BCUT2D eigenvalue weighted by Crippen LogP contribution is 2.31. The second-order valence-corrected chi connectivity index (χ2v) is 6.12. The number of ether oxygens (including phenoxy) is 3. The molecular formula is C20H30O3. The van der Waals surface area contributed by atoms with Crippen molar-refractivity contribution in [3.8, 4) is 11.5 Å². The molecule has 1 aliphatic rings. The number of benzene rings is 1. The van der Waals surface area contributed by atoms with E-state index in [0.29, 0.717) is 19.3 Å². The molecule has 1 heterocycles. The van der Waals surface area contributed by atoms with Gasteiger partial charge in [0.2, 0.25) is 0 Å². The molecule has 0 amide bonds. The fraction of sp³-hybridized carbons (Fsp3) is 0.600. The Labute approximate surface area is 140 Å². The summed E-state index contributed by atoms with van der Waals surface area (Å²) in [6.07, 6.45) is 11.9. The van der Waals surface area contributed by atoms with Crippen molar-refractivity contribution < 1.29 is 14.2 Å². The van der Waals surface area contributed by atoms with Gasteiger partial charge >= 0.3 is 0 Å². The molecule has 1 aromatic rings. The van der Waals surface area contributed by atoms with Gasteiger partial charge < -0.3 is 14.2 Å². The lowest BCUT2D eigenvalue weighted by atomic mass is 10.1. The molecule has 0 aliphatic carbocycles. The first-order valence-electron chi connectivity index (χ1n) is 8.97. The molecule has 1 atom stereocenters. The average molecular weight is 318 g/mol. The minimum Gasteiger partial charge on any atom is -0.486 e. The van der Waals surface area contributed by atoms with E-state index in [1.54, 1.807) is 0 Å². The largest absolute Gasteiger partial charge is 0.486 e. The number of hydrogen-bond acceptors (Lipinski definition) is 3. The van der Waals surface area contributed by atoms with E-state index < -0.39 is 0 Å². The summed E-state index contributed by atoms with van der Waals surface area (Å²) in [5, 5.41) is 0. The Kier molecular flexibility index (Phi) is 8.02. The monoisotopic (exact) mass is 318 g/mol. The highest BCUT2D eigenvalue weighted by atomic mass is 16.6. The van der Waals surface area contributed by atoms with E-state index in [1.807, 2.05) is 12.1 Å². The van der Waals surface area contributed by atoms with Crippen LogP contribution in [0.15, 0.2) is 24.3 Å². The molecule has 0 saturated heterocycles. The molecule has 0 saturated carbocycles. The van der Waals surface area contributed by atoms with Crippen LogP contribution in [0.3, 0.4) is 0 Å². The Morgan fingerprint density at radius 1 is 1.13 bits per heavy atom. The Morgan fingerprint density at radius 3 is 2.78 bits per heavy atom. The van der Waals surface area contributed by atoms with Gasteiger partial charge in [-0.05, 0) is 50.3 Å². The van der Waals surface area contributed by atoms with Crippen molar-refractivity contribution >= 4 is 6.08 Å². The van der Waals surface area contributed by atoms with Gasteiger partial charge in [0.15, 0.2) is 11.5 Å². The molecule has 2 rings (SSSR count). The van der Waals surface area contributed by atoms with Crippen molar-refractivity contribution in [2.24, 2.45) is 0 Å². The van der Waals surface area contributed by atoms with Crippen LogP contribution in [0.1, 0.15) is 57.9 Å².